The van der Waals surface area contributed by atoms with Crippen molar-refractivity contribution >= 4 is 34.1 Å². The zero-order valence-electron chi connectivity index (χ0n) is 17.9. The number of piperidine rings is 1. The lowest BCUT2D eigenvalue weighted by atomic mass is 9.92. The molecule has 1 aromatic heterocycles. The Balaban J connectivity index is 1.44. The molecule has 0 amide bonds. The van der Waals surface area contributed by atoms with Gasteiger partial charge < -0.3 is 24.1 Å². The first-order valence-corrected chi connectivity index (χ1v) is 10.9. The van der Waals surface area contributed by atoms with Crippen molar-refractivity contribution in [1.29, 1.82) is 5.26 Å². The summed E-state index contributed by atoms with van der Waals surface area (Å²) in [5.41, 5.74) is 4.42. The Hall–Kier alpha value is -3.21. The Bertz CT molecular complexity index is 1250. The molecule has 164 valence electrons. The largest absolute Gasteiger partial charge is 0.497 e. The summed E-state index contributed by atoms with van der Waals surface area (Å²) in [4.78, 5) is 8.55. The number of anilines is 1. The molecule has 1 fully saturated rings. The molecule has 1 saturated heterocycles. The summed E-state index contributed by atoms with van der Waals surface area (Å²) in [6, 6.07) is 13.4. The highest BCUT2D eigenvalue weighted by Gasteiger charge is 2.35. The fraction of sp³-hybridized carbons (Fsp3) is 0.333. The van der Waals surface area contributed by atoms with Gasteiger partial charge in [-0.25, -0.2) is 4.98 Å². The number of aliphatic hydroxyl groups excluding tert-OH is 1. The second-order valence-corrected chi connectivity index (χ2v) is 8.60. The van der Waals surface area contributed by atoms with E-state index in [1.807, 2.05) is 30.3 Å². The summed E-state index contributed by atoms with van der Waals surface area (Å²) in [5, 5.41) is 21.3. The third-order valence-corrected chi connectivity index (χ3v) is 6.60. The average Bonchev–Trinajstić information content (AvgIpc) is 3.24. The first-order chi connectivity index (χ1) is 15.5. The lowest BCUT2D eigenvalue weighted by Crippen LogP contribution is -2.41. The molecule has 2 aliphatic rings. The lowest BCUT2D eigenvalue weighted by molar-refractivity contribution is 0.208. The Morgan fingerprint density at radius 2 is 2.00 bits per heavy atom. The van der Waals surface area contributed by atoms with Crippen LogP contribution >= 0.6 is 11.6 Å². The van der Waals surface area contributed by atoms with Crippen molar-refractivity contribution in [1.82, 2.24) is 9.88 Å². The zero-order chi connectivity index (χ0) is 22.4. The van der Waals surface area contributed by atoms with Crippen molar-refractivity contribution in [3.05, 3.63) is 58.4 Å². The standard InChI is InChI=1S/C24H23ClN4O3/c1-28-20-12-16(31-2)4-5-17(20)22(18(13-26)24(28)30)29-9-7-14(8-10-29)23-27-19-6-3-15(25)11-21(19)32-23/h3-6,11-12,14,24,30H,7-10H2,1-2H3. The van der Waals surface area contributed by atoms with Crippen LogP contribution in [0.1, 0.15) is 30.2 Å². The predicted octanol–water partition coefficient (Wildman–Crippen LogP) is 4.37. The number of oxazole rings is 1. The number of fused-ring (bicyclic) bond motifs is 2. The highest BCUT2D eigenvalue weighted by atomic mass is 35.5. The first kappa shape index (κ1) is 20.7. The maximum atomic E-state index is 10.8. The fourth-order valence-electron chi connectivity index (χ4n) is 4.62. The van der Waals surface area contributed by atoms with Crippen LogP contribution in [-0.4, -0.2) is 48.5 Å². The molecule has 0 radical (unpaired) electrons. The normalized spacial score (nSPS) is 19.3. The van der Waals surface area contributed by atoms with Crippen LogP contribution < -0.4 is 9.64 Å². The number of nitriles is 1. The van der Waals surface area contributed by atoms with Gasteiger partial charge in [-0.15, -0.1) is 0 Å². The number of aromatic nitrogens is 1. The number of methoxy groups -OCH3 is 1. The molecule has 1 unspecified atom stereocenters. The number of hydrogen-bond donors (Lipinski definition) is 1. The van der Waals surface area contributed by atoms with E-state index in [1.165, 1.54) is 0 Å². The molecule has 2 aromatic carbocycles. The molecule has 3 aromatic rings. The number of likely N-dealkylation sites (tertiary alicyclic amines) is 1. The van der Waals surface area contributed by atoms with E-state index in [9.17, 15) is 10.4 Å². The highest BCUT2D eigenvalue weighted by molar-refractivity contribution is 6.31. The van der Waals surface area contributed by atoms with Gasteiger partial charge in [0.1, 0.15) is 22.9 Å². The van der Waals surface area contributed by atoms with Crippen molar-refractivity contribution in [2.24, 2.45) is 0 Å². The minimum Gasteiger partial charge on any atom is -0.497 e. The number of aliphatic hydroxyl groups is 1. The Morgan fingerprint density at radius 3 is 2.72 bits per heavy atom. The lowest BCUT2D eigenvalue weighted by Gasteiger charge is -2.41. The fourth-order valence-corrected chi connectivity index (χ4v) is 4.78. The maximum absolute atomic E-state index is 10.8. The van der Waals surface area contributed by atoms with Crippen molar-refractivity contribution in [3.63, 3.8) is 0 Å². The molecule has 2 aliphatic heterocycles. The maximum Gasteiger partial charge on any atom is 0.198 e. The molecule has 0 aliphatic carbocycles. The summed E-state index contributed by atoms with van der Waals surface area (Å²) in [7, 11) is 3.39. The molecular formula is C24H23ClN4O3. The summed E-state index contributed by atoms with van der Waals surface area (Å²) in [6.45, 7) is 1.46. The molecule has 5 rings (SSSR count). The van der Waals surface area contributed by atoms with Gasteiger partial charge in [0, 0.05) is 48.8 Å². The summed E-state index contributed by atoms with van der Waals surface area (Å²) >= 11 is 6.07. The van der Waals surface area contributed by atoms with E-state index in [0.717, 1.165) is 54.3 Å². The van der Waals surface area contributed by atoms with Crippen LogP contribution in [0.3, 0.4) is 0 Å². The second kappa shape index (κ2) is 8.05. The van der Waals surface area contributed by atoms with Crippen LogP contribution in [0.5, 0.6) is 5.75 Å². The second-order valence-electron chi connectivity index (χ2n) is 8.17. The predicted molar refractivity (Wildman–Crippen MR) is 123 cm³/mol. The average molecular weight is 451 g/mol. The number of benzene rings is 2. The van der Waals surface area contributed by atoms with Crippen molar-refractivity contribution in [3.8, 4) is 11.8 Å². The van der Waals surface area contributed by atoms with Gasteiger partial charge in [-0.3, -0.25) is 0 Å². The van der Waals surface area contributed by atoms with E-state index in [2.05, 4.69) is 16.0 Å². The quantitative estimate of drug-likeness (QED) is 0.634. The van der Waals surface area contributed by atoms with E-state index in [0.29, 0.717) is 21.9 Å². The molecule has 0 spiro atoms. The van der Waals surface area contributed by atoms with Crippen LogP contribution in [0.4, 0.5) is 5.69 Å². The smallest absolute Gasteiger partial charge is 0.198 e. The SMILES string of the molecule is COc1ccc2c(c1)N(C)C(O)C(C#N)=C2N1CCC(c2nc3ccc(Cl)cc3o2)CC1. The molecule has 8 heteroatoms. The third-order valence-electron chi connectivity index (χ3n) is 6.37. The van der Waals surface area contributed by atoms with Crippen LogP contribution in [0.15, 0.2) is 46.4 Å². The zero-order valence-corrected chi connectivity index (χ0v) is 18.6. The van der Waals surface area contributed by atoms with Gasteiger partial charge in [-0.05, 0) is 37.1 Å². The van der Waals surface area contributed by atoms with Crippen LogP contribution in [0.25, 0.3) is 16.8 Å². The van der Waals surface area contributed by atoms with E-state index < -0.39 is 6.23 Å². The Labute approximate surface area is 191 Å². The van der Waals surface area contributed by atoms with E-state index in [1.54, 1.807) is 25.1 Å². The summed E-state index contributed by atoms with van der Waals surface area (Å²) in [6.07, 6.45) is 0.662. The Kier molecular flexibility index (Phi) is 5.20. The number of hydrogen-bond acceptors (Lipinski definition) is 7. The molecule has 3 heterocycles. The molecular weight excluding hydrogens is 428 g/mol. The van der Waals surface area contributed by atoms with Gasteiger partial charge in [0.15, 0.2) is 17.7 Å². The Morgan fingerprint density at radius 1 is 1.22 bits per heavy atom. The molecule has 1 atom stereocenters. The van der Waals surface area contributed by atoms with Gasteiger partial charge in [-0.1, -0.05) is 11.6 Å². The molecule has 0 saturated carbocycles. The van der Waals surface area contributed by atoms with Gasteiger partial charge in [-0.2, -0.15) is 5.26 Å². The van der Waals surface area contributed by atoms with Crippen LogP contribution in [0.2, 0.25) is 5.02 Å². The number of nitrogens with zero attached hydrogens (tertiary/aromatic N) is 4. The van der Waals surface area contributed by atoms with E-state index in [4.69, 9.17) is 20.8 Å². The van der Waals surface area contributed by atoms with Crippen LogP contribution in [0, 0.1) is 11.3 Å². The van der Waals surface area contributed by atoms with Crippen molar-refractivity contribution in [2.75, 3.05) is 32.1 Å². The van der Waals surface area contributed by atoms with Gasteiger partial charge >= 0.3 is 0 Å². The number of likely N-dealkylation sites (N-methyl/N-ethyl adjacent to an activating group) is 1. The molecule has 0 bridgehead atoms. The molecule has 32 heavy (non-hydrogen) atoms. The van der Waals surface area contributed by atoms with Crippen molar-refractivity contribution in [2.45, 2.75) is 25.0 Å². The minimum absolute atomic E-state index is 0.190. The van der Waals surface area contributed by atoms with Gasteiger partial charge in [0.25, 0.3) is 0 Å². The minimum atomic E-state index is -1.01. The number of ether oxygens (including phenoxy) is 1. The van der Waals surface area contributed by atoms with Crippen LogP contribution in [-0.2, 0) is 0 Å². The van der Waals surface area contributed by atoms with Gasteiger partial charge in [0.05, 0.1) is 18.5 Å². The van der Waals surface area contributed by atoms with Gasteiger partial charge in [0.2, 0.25) is 0 Å². The van der Waals surface area contributed by atoms with Crippen molar-refractivity contribution < 1.29 is 14.3 Å². The molecule has 7 nitrogen and oxygen atoms in total. The number of rotatable bonds is 3. The highest BCUT2D eigenvalue weighted by Crippen LogP contribution is 2.42. The third kappa shape index (κ3) is 3.36. The summed E-state index contributed by atoms with van der Waals surface area (Å²) in [5.74, 6) is 1.62. The van der Waals surface area contributed by atoms with E-state index in [-0.39, 0.29) is 5.92 Å². The topological polar surface area (TPSA) is 85.8 Å². The number of halogens is 1. The van der Waals surface area contributed by atoms with E-state index >= 15 is 0 Å². The monoisotopic (exact) mass is 450 g/mol. The summed E-state index contributed by atoms with van der Waals surface area (Å²) < 4.78 is 11.3. The molecule has 1 N–H and O–H groups in total. The first-order valence-electron chi connectivity index (χ1n) is 10.5.